The molecule has 1 atom stereocenters. The Bertz CT molecular complexity index is 732. The molecule has 27 heavy (non-hydrogen) atoms. The fourth-order valence-corrected chi connectivity index (χ4v) is 5.10. The van der Waals surface area contributed by atoms with Crippen molar-refractivity contribution in [2.75, 3.05) is 13.1 Å². The standard InChI is InChI=1S/C20H24F3NO3/c1-18(26)8-15(9-18)17(25)24-11-19(12-24)6-5-14(10-19)13-3-2-4-16(7-13)27-20(21,22)23/h2-4,7,14-15,26H,5-6,8-12H2,1H3/t14?,15-,18+. The molecule has 0 bridgehead atoms. The first-order chi connectivity index (χ1) is 12.5. The lowest BCUT2D eigenvalue weighted by atomic mass is 9.69. The Morgan fingerprint density at radius 1 is 1.26 bits per heavy atom. The van der Waals surface area contributed by atoms with E-state index in [9.17, 15) is 23.1 Å². The minimum Gasteiger partial charge on any atom is -0.406 e. The molecule has 1 amide bonds. The summed E-state index contributed by atoms with van der Waals surface area (Å²) in [6, 6.07) is 6.25. The number of ether oxygens (including phenoxy) is 1. The minimum absolute atomic E-state index is 0.0641. The molecule has 2 aliphatic carbocycles. The van der Waals surface area contributed by atoms with Crippen molar-refractivity contribution in [1.82, 2.24) is 4.90 Å². The summed E-state index contributed by atoms with van der Waals surface area (Å²) in [6.07, 6.45) is -0.844. The molecule has 1 unspecified atom stereocenters. The summed E-state index contributed by atoms with van der Waals surface area (Å²) >= 11 is 0. The van der Waals surface area contributed by atoms with Gasteiger partial charge in [0.1, 0.15) is 5.75 Å². The van der Waals surface area contributed by atoms with Gasteiger partial charge in [-0.05, 0) is 62.6 Å². The average Bonchev–Trinajstić information content (AvgIpc) is 2.94. The second kappa shape index (κ2) is 6.12. The first-order valence-electron chi connectivity index (χ1n) is 9.41. The van der Waals surface area contributed by atoms with Crippen LogP contribution in [0, 0.1) is 11.3 Å². The molecule has 3 fully saturated rings. The van der Waals surface area contributed by atoms with Crippen LogP contribution in [0.25, 0.3) is 0 Å². The van der Waals surface area contributed by atoms with Gasteiger partial charge in [0.05, 0.1) is 5.60 Å². The van der Waals surface area contributed by atoms with Crippen molar-refractivity contribution in [2.45, 2.75) is 56.9 Å². The Labute approximate surface area is 156 Å². The SMILES string of the molecule is C[C@]1(O)C[C@@H](C(=O)N2CC3(CCC(c4cccc(OC(F)(F)F)c4)C3)C2)C1. The zero-order valence-corrected chi connectivity index (χ0v) is 15.3. The molecule has 1 spiro atoms. The van der Waals surface area contributed by atoms with Gasteiger partial charge in [0.2, 0.25) is 5.91 Å². The first kappa shape index (κ1) is 18.6. The zero-order valence-electron chi connectivity index (χ0n) is 15.3. The molecule has 4 nitrogen and oxygen atoms in total. The van der Waals surface area contributed by atoms with Crippen LogP contribution in [0.1, 0.15) is 50.5 Å². The number of carbonyl (C=O) groups is 1. The van der Waals surface area contributed by atoms with E-state index in [4.69, 9.17) is 0 Å². The van der Waals surface area contributed by atoms with Crippen molar-refractivity contribution in [2.24, 2.45) is 11.3 Å². The molecule has 1 heterocycles. The predicted octanol–water partition coefficient (Wildman–Crippen LogP) is 3.84. The van der Waals surface area contributed by atoms with Crippen LogP contribution in [0.2, 0.25) is 0 Å². The van der Waals surface area contributed by atoms with Crippen molar-refractivity contribution in [3.05, 3.63) is 29.8 Å². The minimum atomic E-state index is -4.68. The normalized spacial score (nSPS) is 32.1. The lowest BCUT2D eigenvalue weighted by molar-refractivity contribution is -0.274. The molecule has 2 saturated carbocycles. The summed E-state index contributed by atoms with van der Waals surface area (Å²) in [5, 5.41) is 9.81. The number of alkyl halides is 3. The molecule has 3 aliphatic rings. The lowest BCUT2D eigenvalue weighted by Crippen LogP contribution is -2.61. The van der Waals surface area contributed by atoms with Crippen molar-refractivity contribution in [1.29, 1.82) is 0 Å². The van der Waals surface area contributed by atoms with Crippen LogP contribution in [0.15, 0.2) is 24.3 Å². The van der Waals surface area contributed by atoms with Gasteiger partial charge in [0.25, 0.3) is 0 Å². The molecule has 1 N–H and O–H groups in total. The van der Waals surface area contributed by atoms with E-state index < -0.39 is 12.0 Å². The Morgan fingerprint density at radius 3 is 2.59 bits per heavy atom. The van der Waals surface area contributed by atoms with Crippen LogP contribution < -0.4 is 4.74 Å². The number of carbonyl (C=O) groups excluding carboxylic acids is 1. The quantitative estimate of drug-likeness (QED) is 0.863. The van der Waals surface area contributed by atoms with Gasteiger partial charge in [-0.2, -0.15) is 0 Å². The molecule has 1 aromatic carbocycles. The highest BCUT2D eigenvalue weighted by atomic mass is 19.4. The highest BCUT2D eigenvalue weighted by Crippen LogP contribution is 2.53. The van der Waals surface area contributed by atoms with Gasteiger partial charge >= 0.3 is 6.36 Å². The van der Waals surface area contributed by atoms with E-state index in [1.54, 1.807) is 13.0 Å². The summed E-state index contributed by atoms with van der Waals surface area (Å²) in [5.74, 6) is 0.0915. The summed E-state index contributed by atoms with van der Waals surface area (Å²) in [6.45, 7) is 3.20. The largest absolute Gasteiger partial charge is 0.573 e. The number of likely N-dealkylation sites (tertiary alicyclic amines) is 1. The number of rotatable bonds is 3. The third-order valence-corrected chi connectivity index (χ3v) is 6.35. The molecule has 7 heteroatoms. The van der Waals surface area contributed by atoms with Gasteiger partial charge in [0.15, 0.2) is 0 Å². The van der Waals surface area contributed by atoms with Crippen LogP contribution in [-0.2, 0) is 4.79 Å². The number of nitrogens with zero attached hydrogens (tertiary/aromatic N) is 1. The van der Waals surface area contributed by atoms with E-state index in [0.29, 0.717) is 12.8 Å². The van der Waals surface area contributed by atoms with Crippen molar-refractivity contribution in [3.8, 4) is 5.75 Å². The van der Waals surface area contributed by atoms with Gasteiger partial charge in [-0.15, -0.1) is 13.2 Å². The molecule has 148 valence electrons. The molecule has 1 aromatic rings. The number of aliphatic hydroxyl groups is 1. The first-order valence-corrected chi connectivity index (χ1v) is 9.41. The number of amides is 1. The van der Waals surface area contributed by atoms with Crippen LogP contribution in [0.5, 0.6) is 5.75 Å². The van der Waals surface area contributed by atoms with Gasteiger partial charge in [-0.25, -0.2) is 0 Å². The zero-order chi connectivity index (χ0) is 19.4. The second-order valence-corrected chi connectivity index (χ2v) is 8.86. The molecule has 4 rings (SSSR count). The number of hydrogen-bond acceptors (Lipinski definition) is 3. The molecule has 1 saturated heterocycles. The highest BCUT2D eigenvalue weighted by Gasteiger charge is 2.53. The van der Waals surface area contributed by atoms with Crippen molar-refractivity contribution < 1.29 is 27.8 Å². The third kappa shape index (κ3) is 3.79. The molecule has 1 aliphatic heterocycles. The molecular weight excluding hydrogens is 359 g/mol. The average molecular weight is 383 g/mol. The smallest absolute Gasteiger partial charge is 0.406 e. The number of hydrogen-bond donors (Lipinski definition) is 1. The van der Waals surface area contributed by atoms with Crippen molar-refractivity contribution >= 4 is 5.91 Å². The Kier molecular flexibility index (Phi) is 4.22. The Balaban J connectivity index is 1.34. The fraction of sp³-hybridized carbons (Fsp3) is 0.650. The Morgan fingerprint density at radius 2 is 1.96 bits per heavy atom. The summed E-state index contributed by atoms with van der Waals surface area (Å²) in [7, 11) is 0. The van der Waals surface area contributed by atoms with E-state index in [0.717, 1.165) is 37.9 Å². The van der Waals surface area contributed by atoms with E-state index in [1.807, 2.05) is 11.0 Å². The highest BCUT2D eigenvalue weighted by molar-refractivity contribution is 5.81. The molecular formula is C20H24F3NO3. The maximum absolute atomic E-state index is 12.5. The van der Waals surface area contributed by atoms with Gasteiger partial charge in [-0.3, -0.25) is 4.79 Å². The van der Waals surface area contributed by atoms with Crippen LogP contribution in [0.4, 0.5) is 13.2 Å². The lowest BCUT2D eigenvalue weighted by Gasteiger charge is -2.52. The van der Waals surface area contributed by atoms with E-state index in [-0.39, 0.29) is 28.9 Å². The van der Waals surface area contributed by atoms with Crippen LogP contribution >= 0.6 is 0 Å². The predicted molar refractivity (Wildman–Crippen MR) is 92.1 cm³/mol. The van der Waals surface area contributed by atoms with Crippen LogP contribution in [0.3, 0.4) is 0 Å². The van der Waals surface area contributed by atoms with E-state index in [1.165, 1.54) is 12.1 Å². The molecule has 0 aromatic heterocycles. The van der Waals surface area contributed by atoms with Gasteiger partial charge < -0.3 is 14.7 Å². The van der Waals surface area contributed by atoms with Crippen molar-refractivity contribution in [3.63, 3.8) is 0 Å². The monoisotopic (exact) mass is 383 g/mol. The third-order valence-electron chi connectivity index (χ3n) is 6.35. The van der Waals surface area contributed by atoms with E-state index in [2.05, 4.69) is 4.74 Å². The summed E-state index contributed by atoms with van der Waals surface area (Å²) < 4.78 is 41.3. The second-order valence-electron chi connectivity index (χ2n) is 8.86. The fourth-order valence-electron chi connectivity index (χ4n) is 5.10. The number of benzene rings is 1. The van der Waals surface area contributed by atoms with Gasteiger partial charge in [-0.1, -0.05) is 12.1 Å². The van der Waals surface area contributed by atoms with Crippen LogP contribution in [-0.4, -0.2) is 41.0 Å². The topological polar surface area (TPSA) is 49.8 Å². The Hall–Kier alpha value is -1.76. The van der Waals surface area contributed by atoms with Gasteiger partial charge in [0, 0.05) is 24.4 Å². The maximum Gasteiger partial charge on any atom is 0.573 e. The molecule has 0 radical (unpaired) electrons. The van der Waals surface area contributed by atoms with E-state index >= 15 is 0 Å². The maximum atomic E-state index is 12.5. The summed E-state index contributed by atoms with van der Waals surface area (Å²) in [4.78, 5) is 14.3. The number of halogens is 3. The summed E-state index contributed by atoms with van der Waals surface area (Å²) in [5.41, 5.74) is 0.256.